The highest BCUT2D eigenvalue weighted by atomic mass is 35.5. The van der Waals surface area contributed by atoms with Gasteiger partial charge in [0.05, 0.1) is 12.1 Å². The van der Waals surface area contributed by atoms with Gasteiger partial charge in [-0.1, -0.05) is 29.8 Å². The number of pyridine rings is 1. The molecule has 0 radical (unpaired) electrons. The van der Waals surface area contributed by atoms with Crippen LogP contribution in [0.1, 0.15) is 12.5 Å². The Bertz CT molecular complexity index is 601. The third kappa shape index (κ3) is 3.22. The number of benzene rings is 1. The molecule has 4 nitrogen and oxygen atoms in total. The van der Waals surface area contributed by atoms with Crippen LogP contribution in [-0.4, -0.2) is 23.6 Å². The van der Waals surface area contributed by atoms with E-state index in [9.17, 15) is 4.79 Å². The van der Waals surface area contributed by atoms with Crippen LogP contribution in [0.4, 0.5) is 0 Å². The highest BCUT2D eigenvalue weighted by molar-refractivity contribution is 6.30. The van der Waals surface area contributed by atoms with Crippen molar-refractivity contribution in [3.63, 3.8) is 0 Å². The zero-order chi connectivity index (χ0) is 13.8. The molecule has 1 aromatic carbocycles. The summed E-state index contributed by atoms with van der Waals surface area (Å²) in [6.45, 7) is 2.06. The first kappa shape index (κ1) is 13.8. The van der Waals surface area contributed by atoms with Crippen LogP contribution in [0.15, 0.2) is 30.3 Å². The van der Waals surface area contributed by atoms with Crippen LogP contribution in [0.2, 0.25) is 5.15 Å². The van der Waals surface area contributed by atoms with Crippen molar-refractivity contribution in [1.82, 2.24) is 4.98 Å². The van der Waals surface area contributed by atoms with Gasteiger partial charge in [0.1, 0.15) is 11.2 Å². The van der Waals surface area contributed by atoms with E-state index < -0.39 is 12.0 Å². The molecule has 0 spiro atoms. The largest absolute Gasteiger partial charge is 0.465 e. The summed E-state index contributed by atoms with van der Waals surface area (Å²) in [4.78, 5) is 15.8. The van der Waals surface area contributed by atoms with E-state index in [0.29, 0.717) is 18.2 Å². The lowest BCUT2D eigenvalue weighted by Crippen LogP contribution is -2.34. The van der Waals surface area contributed by atoms with Crippen LogP contribution in [-0.2, 0) is 16.0 Å². The van der Waals surface area contributed by atoms with Crippen LogP contribution in [0.25, 0.3) is 10.9 Å². The van der Waals surface area contributed by atoms with Crippen molar-refractivity contribution in [3.8, 4) is 0 Å². The van der Waals surface area contributed by atoms with E-state index in [2.05, 4.69) is 4.98 Å². The van der Waals surface area contributed by atoms with Crippen molar-refractivity contribution in [2.75, 3.05) is 6.61 Å². The third-order valence-electron chi connectivity index (χ3n) is 2.78. The summed E-state index contributed by atoms with van der Waals surface area (Å²) in [6.07, 6.45) is 0.315. The molecule has 2 rings (SSSR count). The summed E-state index contributed by atoms with van der Waals surface area (Å²) < 4.78 is 4.88. The second-order valence-electron chi connectivity index (χ2n) is 4.19. The second kappa shape index (κ2) is 5.99. The molecule has 1 unspecified atom stereocenters. The Labute approximate surface area is 116 Å². The molecule has 100 valence electrons. The van der Waals surface area contributed by atoms with E-state index >= 15 is 0 Å². The highest BCUT2D eigenvalue weighted by Gasteiger charge is 2.17. The van der Waals surface area contributed by atoms with Gasteiger partial charge in [-0.05, 0) is 24.6 Å². The first-order valence-electron chi connectivity index (χ1n) is 6.08. The van der Waals surface area contributed by atoms with Crippen LogP contribution in [0, 0.1) is 0 Å². The molecule has 0 aliphatic heterocycles. The van der Waals surface area contributed by atoms with Crippen molar-refractivity contribution in [2.45, 2.75) is 19.4 Å². The minimum Gasteiger partial charge on any atom is -0.465 e. The number of para-hydroxylation sites is 1. The summed E-state index contributed by atoms with van der Waals surface area (Å²) >= 11 is 6.11. The Hall–Kier alpha value is -1.65. The molecular weight excluding hydrogens is 264 g/mol. The van der Waals surface area contributed by atoms with Crippen LogP contribution >= 0.6 is 11.6 Å². The minimum atomic E-state index is -0.722. The number of rotatable bonds is 4. The molecular formula is C14H15ClN2O2. The fourth-order valence-corrected chi connectivity index (χ4v) is 2.07. The van der Waals surface area contributed by atoms with Gasteiger partial charge >= 0.3 is 5.97 Å². The zero-order valence-corrected chi connectivity index (χ0v) is 11.4. The Kier molecular flexibility index (Phi) is 4.35. The normalized spacial score (nSPS) is 12.4. The fraction of sp³-hybridized carbons (Fsp3) is 0.286. The lowest BCUT2D eigenvalue weighted by Gasteiger charge is -2.12. The van der Waals surface area contributed by atoms with E-state index in [1.54, 1.807) is 6.92 Å². The maximum absolute atomic E-state index is 11.5. The second-order valence-corrected chi connectivity index (χ2v) is 4.55. The Morgan fingerprint density at radius 3 is 2.95 bits per heavy atom. The van der Waals surface area contributed by atoms with Crippen LogP contribution in [0.3, 0.4) is 0 Å². The molecule has 2 N–H and O–H groups in total. The van der Waals surface area contributed by atoms with Crippen molar-refractivity contribution in [1.29, 1.82) is 0 Å². The monoisotopic (exact) mass is 278 g/mol. The van der Waals surface area contributed by atoms with Gasteiger partial charge < -0.3 is 10.5 Å². The van der Waals surface area contributed by atoms with Gasteiger partial charge in [0, 0.05) is 11.8 Å². The lowest BCUT2D eigenvalue weighted by molar-refractivity contribution is -0.144. The number of ether oxygens (including phenoxy) is 1. The predicted molar refractivity (Wildman–Crippen MR) is 75.1 cm³/mol. The van der Waals surface area contributed by atoms with Gasteiger partial charge in [-0.3, -0.25) is 4.79 Å². The number of hydrogen-bond donors (Lipinski definition) is 1. The molecule has 1 atom stereocenters. The summed E-state index contributed by atoms with van der Waals surface area (Å²) in [5.74, 6) is -0.424. The number of fused-ring (bicyclic) bond motifs is 1. The molecule has 2 aromatic rings. The third-order valence-corrected chi connectivity index (χ3v) is 3.11. The molecule has 0 bridgehead atoms. The van der Waals surface area contributed by atoms with Gasteiger partial charge in [0.2, 0.25) is 0 Å². The van der Waals surface area contributed by atoms with Crippen LogP contribution in [0.5, 0.6) is 0 Å². The van der Waals surface area contributed by atoms with Gasteiger partial charge in [0.25, 0.3) is 0 Å². The molecule has 0 amide bonds. The number of halogens is 1. The van der Waals surface area contributed by atoms with Gasteiger partial charge in [-0.15, -0.1) is 0 Å². The predicted octanol–water partition coefficient (Wildman–Crippen LogP) is 2.32. The van der Waals surface area contributed by atoms with Gasteiger partial charge in [-0.25, -0.2) is 4.98 Å². The Morgan fingerprint density at radius 2 is 2.21 bits per heavy atom. The van der Waals surface area contributed by atoms with E-state index in [4.69, 9.17) is 22.1 Å². The van der Waals surface area contributed by atoms with E-state index in [1.165, 1.54) is 0 Å². The molecule has 0 saturated carbocycles. The first-order valence-corrected chi connectivity index (χ1v) is 6.46. The first-order chi connectivity index (χ1) is 9.11. The average molecular weight is 279 g/mol. The SMILES string of the molecule is CCOC(=O)C(N)Cc1cc2ccccc2nc1Cl. The summed E-state index contributed by atoms with van der Waals surface area (Å²) in [5, 5.41) is 1.34. The molecule has 1 heterocycles. The minimum absolute atomic E-state index is 0.315. The highest BCUT2D eigenvalue weighted by Crippen LogP contribution is 2.21. The molecule has 0 aliphatic rings. The van der Waals surface area contributed by atoms with Crippen molar-refractivity contribution < 1.29 is 9.53 Å². The number of carbonyl (C=O) groups is 1. The number of nitrogens with two attached hydrogens (primary N) is 1. The zero-order valence-electron chi connectivity index (χ0n) is 10.6. The van der Waals surface area contributed by atoms with Gasteiger partial charge in [0.15, 0.2) is 0 Å². The smallest absolute Gasteiger partial charge is 0.323 e. The number of aromatic nitrogens is 1. The standard InChI is InChI=1S/C14H15ClN2O2/c1-2-19-14(18)11(16)8-10-7-9-5-3-4-6-12(9)17-13(10)15/h3-7,11H,2,8,16H2,1H3. The van der Waals surface area contributed by atoms with Crippen LogP contribution < -0.4 is 5.73 Å². The lowest BCUT2D eigenvalue weighted by atomic mass is 10.1. The maximum Gasteiger partial charge on any atom is 0.323 e. The maximum atomic E-state index is 11.5. The molecule has 19 heavy (non-hydrogen) atoms. The van der Waals surface area contributed by atoms with E-state index in [0.717, 1.165) is 16.5 Å². The number of esters is 1. The number of nitrogens with zero attached hydrogens (tertiary/aromatic N) is 1. The molecule has 5 heteroatoms. The Morgan fingerprint density at radius 1 is 1.47 bits per heavy atom. The average Bonchev–Trinajstić information content (AvgIpc) is 2.39. The quantitative estimate of drug-likeness (QED) is 0.688. The Balaban J connectivity index is 2.25. The van der Waals surface area contributed by atoms with E-state index in [1.807, 2.05) is 30.3 Å². The summed E-state index contributed by atoms with van der Waals surface area (Å²) in [6, 6.07) is 8.83. The molecule has 1 aromatic heterocycles. The van der Waals surface area contributed by atoms with Crippen molar-refractivity contribution in [2.24, 2.45) is 5.73 Å². The number of hydrogen-bond acceptors (Lipinski definition) is 4. The summed E-state index contributed by atoms with van der Waals surface area (Å²) in [5.41, 5.74) is 7.36. The van der Waals surface area contributed by atoms with Crippen molar-refractivity contribution in [3.05, 3.63) is 41.0 Å². The van der Waals surface area contributed by atoms with Gasteiger partial charge in [-0.2, -0.15) is 0 Å². The van der Waals surface area contributed by atoms with E-state index in [-0.39, 0.29) is 0 Å². The fourth-order valence-electron chi connectivity index (χ4n) is 1.85. The van der Waals surface area contributed by atoms with Crippen molar-refractivity contribution >= 4 is 28.5 Å². The molecule has 0 aliphatic carbocycles. The molecule has 0 saturated heterocycles. The summed E-state index contributed by atoms with van der Waals surface area (Å²) in [7, 11) is 0. The number of carbonyl (C=O) groups excluding carboxylic acids is 1. The topological polar surface area (TPSA) is 65.2 Å². The molecule has 0 fully saturated rings.